The van der Waals surface area contributed by atoms with E-state index < -0.39 is 21.4 Å². The maximum atomic E-state index is 12.1. The summed E-state index contributed by atoms with van der Waals surface area (Å²) in [7, 11) is -5.79. The minimum atomic E-state index is -5.79. The number of hydrogen-bond acceptors (Lipinski definition) is 3. The van der Waals surface area contributed by atoms with Gasteiger partial charge in [0.25, 0.3) is 0 Å². The first-order valence-electron chi connectivity index (χ1n) is 5.85. The Morgan fingerprint density at radius 2 is 1.80 bits per heavy atom. The average molecular weight is 308 g/mol. The Bertz CT molecular complexity index is 577. The van der Waals surface area contributed by atoms with Crippen LogP contribution in [-0.2, 0) is 16.4 Å². The SMILES string of the molecule is CCCCc1ccc(/C([O-])=N/S(=O)(=O)C(F)(F)F)cc1. The third-order valence-corrected chi connectivity index (χ3v) is 3.51. The number of sulfonamides is 1. The Kier molecular flexibility index (Phi) is 5.15. The van der Waals surface area contributed by atoms with Gasteiger partial charge in [-0.1, -0.05) is 37.6 Å². The fraction of sp³-hybridized carbons (Fsp3) is 0.417. The van der Waals surface area contributed by atoms with Crippen molar-refractivity contribution in [1.82, 2.24) is 0 Å². The molecule has 0 amide bonds. The third kappa shape index (κ3) is 4.22. The highest BCUT2D eigenvalue weighted by Gasteiger charge is 2.45. The minimum Gasteiger partial charge on any atom is -0.858 e. The van der Waals surface area contributed by atoms with Crippen LogP contribution >= 0.6 is 0 Å². The number of aryl methyl sites for hydroxylation is 1. The molecule has 0 saturated heterocycles. The fourth-order valence-electron chi connectivity index (χ4n) is 1.41. The molecule has 0 aromatic heterocycles. The largest absolute Gasteiger partial charge is 0.858 e. The van der Waals surface area contributed by atoms with Crippen molar-refractivity contribution in [3.63, 3.8) is 0 Å². The maximum absolute atomic E-state index is 12.1. The number of hydrogen-bond donors (Lipinski definition) is 0. The van der Waals surface area contributed by atoms with Gasteiger partial charge in [-0.15, -0.1) is 0 Å². The molecule has 0 atom stereocenters. The second-order valence-electron chi connectivity index (χ2n) is 4.12. The predicted molar refractivity (Wildman–Crippen MR) is 66.6 cm³/mol. The second kappa shape index (κ2) is 6.25. The van der Waals surface area contributed by atoms with Gasteiger partial charge in [-0.25, -0.2) is 0 Å². The van der Waals surface area contributed by atoms with E-state index in [9.17, 15) is 26.7 Å². The van der Waals surface area contributed by atoms with Crippen LogP contribution in [0, 0.1) is 0 Å². The summed E-state index contributed by atoms with van der Waals surface area (Å²) in [5.74, 6) is -1.43. The van der Waals surface area contributed by atoms with Gasteiger partial charge in [-0.05, 0) is 24.0 Å². The summed E-state index contributed by atoms with van der Waals surface area (Å²) in [4.78, 5) is 0. The molecule has 0 bridgehead atoms. The summed E-state index contributed by atoms with van der Waals surface area (Å²) in [6.07, 6.45) is 2.71. The zero-order valence-electron chi connectivity index (χ0n) is 10.6. The van der Waals surface area contributed by atoms with Crippen LogP contribution in [0.1, 0.15) is 30.9 Å². The summed E-state index contributed by atoms with van der Waals surface area (Å²) in [5, 5.41) is 11.4. The van der Waals surface area contributed by atoms with E-state index in [2.05, 4.69) is 4.40 Å². The number of halogens is 3. The second-order valence-corrected chi connectivity index (χ2v) is 5.71. The molecule has 0 fully saturated rings. The molecular weight excluding hydrogens is 295 g/mol. The number of alkyl halides is 3. The number of benzene rings is 1. The molecule has 0 N–H and O–H groups in total. The molecule has 0 aliphatic carbocycles. The molecule has 1 aromatic rings. The van der Waals surface area contributed by atoms with Crippen molar-refractivity contribution in [2.24, 2.45) is 4.40 Å². The van der Waals surface area contributed by atoms with Crippen molar-refractivity contribution >= 4 is 15.9 Å². The first-order valence-corrected chi connectivity index (χ1v) is 7.29. The summed E-state index contributed by atoms with van der Waals surface area (Å²) in [5.41, 5.74) is -4.84. The Morgan fingerprint density at radius 1 is 1.25 bits per heavy atom. The van der Waals surface area contributed by atoms with Crippen LogP contribution in [0.4, 0.5) is 13.2 Å². The Hall–Kier alpha value is -1.57. The Labute approximate surface area is 115 Å². The molecular formula is C12H13F3NO3S-. The molecule has 1 aromatic carbocycles. The highest BCUT2D eigenvalue weighted by Crippen LogP contribution is 2.24. The van der Waals surface area contributed by atoms with Gasteiger partial charge in [0.1, 0.15) is 0 Å². The van der Waals surface area contributed by atoms with Gasteiger partial charge in [0.15, 0.2) is 0 Å². The van der Waals surface area contributed by atoms with Gasteiger partial charge < -0.3 is 5.11 Å². The summed E-state index contributed by atoms with van der Waals surface area (Å²) < 4.78 is 60.0. The predicted octanol–water partition coefficient (Wildman–Crippen LogP) is 1.99. The average Bonchev–Trinajstić information content (AvgIpc) is 2.35. The molecule has 0 aliphatic heterocycles. The van der Waals surface area contributed by atoms with E-state index in [1.54, 1.807) is 12.1 Å². The highest BCUT2D eigenvalue weighted by atomic mass is 32.2. The number of unbranched alkanes of at least 4 members (excludes halogenated alkanes) is 1. The lowest BCUT2D eigenvalue weighted by Crippen LogP contribution is -2.27. The molecule has 0 saturated carbocycles. The molecule has 0 spiro atoms. The lowest BCUT2D eigenvalue weighted by molar-refractivity contribution is -0.212. The van der Waals surface area contributed by atoms with E-state index in [1.165, 1.54) is 12.1 Å². The third-order valence-electron chi connectivity index (χ3n) is 2.52. The van der Waals surface area contributed by atoms with Crippen LogP contribution in [-0.4, -0.2) is 19.8 Å². The molecule has 1 rings (SSSR count). The van der Waals surface area contributed by atoms with Crippen molar-refractivity contribution in [3.05, 3.63) is 35.4 Å². The normalized spacial score (nSPS) is 13.5. The van der Waals surface area contributed by atoms with Gasteiger partial charge in [-0.2, -0.15) is 26.0 Å². The molecule has 112 valence electrons. The monoisotopic (exact) mass is 308 g/mol. The molecule has 8 heteroatoms. The fourth-order valence-corrected chi connectivity index (χ4v) is 1.84. The zero-order chi connectivity index (χ0) is 15.4. The van der Waals surface area contributed by atoms with Crippen LogP contribution in [0.25, 0.3) is 0 Å². The summed E-state index contributed by atoms with van der Waals surface area (Å²) in [6.45, 7) is 2.01. The molecule has 20 heavy (non-hydrogen) atoms. The number of nitrogens with zero attached hydrogens (tertiary/aromatic N) is 1. The molecule has 0 heterocycles. The van der Waals surface area contributed by atoms with Gasteiger partial charge in [-0.3, -0.25) is 0 Å². The van der Waals surface area contributed by atoms with Gasteiger partial charge >= 0.3 is 15.5 Å². The van der Waals surface area contributed by atoms with E-state index in [4.69, 9.17) is 0 Å². The van der Waals surface area contributed by atoms with Gasteiger partial charge in [0, 0.05) is 5.90 Å². The molecule has 0 unspecified atom stereocenters. The molecule has 0 aliphatic rings. The molecule has 4 nitrogen and oxygen atoms in total. The van der Waals surface area contributed by atoms with Crippen molar-refractivity contribution in [2.45, 2.75) is 31.7 Å². The van der Waals surface area contributed by atoms with Gasteiger partial charge in [0.05, 0.1) is 0 Å². The van der Waals surface area contributed by atoms with E-state index in [0.29, 0.717) is 0 Å². The first kappa shape index (κ1) is 16.5. The van der Waals surface area contributed by atoms with Crippen molar-refractivity contribution < 1.29 is 26.7 Å². The van der Waals surface area contributed by atoms with Crippen LogP contribution in [0.5, 0.6) is 0 Å². The standard InChI is InChI=1S/C12H14F3NO3S/c1-2-3-4-9-5-7-10(8-6-9)11(17)16-20(18,19)12(13,14)15/h5-8H,2-4H2,1H3,(H,16,17)/p-1. The lowest BCUT2D eigenvalue weighted by atomic mass is 10.1. The van der Waals surface area contributed by atoms with Crippen LogP contribution < -0.4 is 5.11 Å². The van der Waals surface area contributed by atoms with E-state index in [1.807, 2.05) is 6.92 Å². The van der Waals surface area contributed by atoms with Crippen molar-refractivity contribution in [2.75, 3.05) is 0 Å². The Balaban J connectivity index is 2.96. The summed E-state index contributed by atoms with van der Waals surface area (Å²) >= 11 is 0. The van der Waals surface area contributed by atoms with Crippen molar-refractivity contribution in [3.8, 4) is 0 Å². The zero-order valence-corrected chi connectivity index (χ0v) is 11.5. The maximum Gasteiger partial charge on any atom is 0.518 e. The first-order chi connectivity index (χ1) is 9.17. The minimum absolute atomic E-state index is 0.196. The quantitative estimate of drug-likeness (QED) is 0.617. The van der Waals surface area contributed by atoms with Crippen LogP contribution in [0.15, 0.2) is 28.7 Å². The van der Waals surface area contributed by atoms with E-state index in [0.717, 1.165) is 24.8 Å². The van der Waals surface area contributed by atoms with E-state index >= 15 is 0 Å². The van der Waals surface area contributed by atoms with E-state index in [-0.39, 0.29) is 5.56 Å². The summed E-state index contributed by atoms with van der Waals surface area (Å²) in [6, 6.07) is 5.67. The van der Waals surface area contributed by atoms with Crippen molar-refractivity contribution in [1.29, 1.82) is 0 Å². The number of rotatable bonds is 5. The smallest absolute Gasteiger partial charge is 0.518 e. The van der Waals surface area contributed by atoms with Gasteiger partial charge in [0.2, 0.25) is 0 Å². The topological polar surface area (TPSA) is 69.6 Å². The lowest BCUT2D eigenvalue weighted by Gasteiger charge is -2.12. The molecule has 0 radical (unpaired) electrons. The highest BCUT2D eigenvalue weighted by molar-refractivity contribution is 7.91. The Morgan fingerprint density at radius 3 is 2.25 bits per heavy atom. The van der Waals surface area contributed by atoms with Crippen LogP contribution in [0.2, 0.25) is 0 Å². The van der Waals surface area contributed by atoms with Crippen LogP contribution in [0.3, 0.4) is 0 Å².